The highest BCUT2D eigenvalue weighted by molar-refractivity contribution is 5.97. The Hall–Kier alpha value is -4.36. The van der Waals surface area contributed by atoms with Crippen molar-refractivity contribution in [3.8, 4) is 23.1 Å². The number of nitrogens with one attached hydrogen (secondary N) is 2. The van der Waals surface area contributed by atoms with Gasteiger partial charge >= 0.3 is 0 Å². The number of likely N-dealkylation sites (tertiary alicyclic amines) is 1. The zero-order chi connectivity index (χ0) is 60.4. The Balaban J connectivity index is 0.000000220. The number of benzene rings is 1. The van der Waals surface area contributed by atoms with E-state index in [0.29, 0.717) is 49.6 Å². The number of methoxy groups -OCH3 is 1. The molecule has 2 N–H and O–H groups in total. The van der Waals surface area contributed by atoms with Gasteiger partial charge in [0.2, 0.25) is 5.91 Å². The van der Waals surface area contributed by atoms with Gasteiger partial charge in [0.15, 0.2) is 6.23 Å². The number of nitrogens with zero attached hydrogens (tertiary/aromatic N) is 8. The fraction of sp³-hybridized carbons (Fsp3) is 0.731. The average molecular weight is 1180 g/mol. The van der Waals surface area contributed by atoms with E-state index in [-0.39, 0.29) is 35.7 Å². The third-order valence-electron chi connectivity index (χ3n) is 19.5. The number of aryl methyl sites for hydroxylation is 2. The first kappa shape index (κ1) is 65.1. The smallest absolute Gasteiger partial charge is 0.238 e. The molecule has 8 fully saturated rings. The largest absolute Gasteiger partial charge is 0.380 e. The molecule has 2 aromatic heterocycles. The number of aromatic nitrogens is 2. The van der Waals surface area contributed by atoms with Gasteiger partial charge in [-0.15, -0.1) is 0 Å². The summed E-state index contributed by atoms with van der Waals surface area (Å²) in [5.41, 5.74) is 12.7. The number of hydrazine groups is 1. The van der Waals surface area contributed by atoms with Gasteiger partial charge in [-0.05, 0) is 172 Å². The molecule has 8 atom stereocenters. The molecule has 12 rings (SSSR count). The first-order chi connectivity index (χ1) is 41.0. The van der Waals surface area contributed by atoms with E-state index in [1.807, 2.05) is 20.2 Å². The quantitative estimate of drug-likeness (QED) is 0.0216. The van der Waals surface area contributed by atoms with E-state index in [1.165, 1.54) is 65.5 Å². The lowest BCUT2D eigenvalue weighted by Gasteiger charge is -2.51. The topological polar surface area (TPSA) is 158 Å². The van der Waals surface area contributed by atoms with Gasteiger partial charge in [-0.1, -0.05) is 45.5 Å². The van der Waals surface area contributed by atoms with Crippen LogP contribution in [0.5, 0.6) is 0 Å². The van der Waals surface area contributed by atoms with Crippen molar-refractivity contribution in [1.29, 1.82) is 0 Å². The van der Waals surface area contributed by atoms with E-state index in [1.54, 1.807) is 14.0 Å². The van der Waals surface area contributed by atoms with E-state index in [0.717, 1.165) is 152 Å². The molecule has 1 aromatic carbocycles. The number of aldehydes is 2. The van der Waals surface area contributed by atoms with Crippen molar-refractivity contribution < 1.29 is 38.4 Å². The number of fused-ring (bicyclic) bond motifs is 2. The summed E-state index contributed by atoms with van der Waals surface area (Å²) < 4.78 is 19.8. The molecule has 3 saturated carbocycles. The van der Waals surface area contributed by atoms with Crippen LogP contribution in [0.15, 0.2) is 24.4 Å². The highest BCUT2D eigenvalue weighted by Gasteiger charge is 2.53. The Morgan fingerprint density at radius 2 is 1.74 bits per heavy atom. The molecule has 85 heavy (non-hydrogen) atoms. The number of hydrogen-bond donors (Lipinski definition) is 2. The highest BCUT2D eigenvalue weighted by atomic mass is 17.2. The molecule has 3 aliphatic carbocycles. The van der Waals surface area contributed by atoms with Gasteiger partial charge in [-0.3, -0.25) is 24.5 Å². The Bertz CT molecular complexity index is 2740. The van der Waals surface area contributed by atoms with Crippen LogP contribution >= 0.6 is 0 Å². The second kappa shape index (κ2) is 30.2. The van der Waals surface area contributed by atoms with Gasteiger partial charge in [0, 0.05) is 106 Å². The van der Waals surface area contributed by atoms with Crippen LogP contribution in [-0.4, -0.2) is 210 Å². The summed E-state index contributed by atoms with van der Waals surface area (Å²) >= 11 is 0. The van der Waals surface area contributed by atoms with Crippen LogP contribution in [0, 0.1) is 40.9 Å². The SMILES string of the molecule is CCN(C)C[C@@H]1CCN(C(C(=O)N[C@@H](C)C=O)C2CCCC2)C1.CCOCCN(C)CC#Cc1cnc([C@H](C)OC)c(-c2c(CC(C)(C)COO[C@H]3NN(C)C4CC3C4)c3cc(N4CCOCC4)cc4c3n2CCC4)c1.CN1C(C2CC2)[C@@H]1C=O. The number of morpholine rings is 1. The summed E-state index contributed by atoms with van der Waals surface area (Å²) in [5.74, 6) is 9.36. The molecular weight excluding hydrogens is 1070 g/mol. The summed E-state index contributed by atoms with van der Waals surface area (Å²) in [6.45, 7) is 24.5. The highest BCUT2D eigenvalue weighted by Crippen LogP contribution is 2.47. The number of carbonyl (C=O) groups excluding carboxylic acids is 3. The average Bonchev–Trinajstić information content (AvgIpc) is 2.25. The van der Waals surface area contributed by atoms with Gasteiger partial charge in [-0.25, -0.2) is 20.2 Å². The molecule has 3 unspecified atom stereocenters. The Morgan fingerprint density at radius 3 is 2.41 bits per heavy atom. The number of anilines is 1. The Kier molecular flexibility index (Phi) is 23.2. The third kappa shape index (κ3) is 16.5. The van der Waals surface area contributed by atoms with E-state index in [4.69, 9.17) is 29.0 Å². The van der Waals surface area contributed by atoms with E-state index < -0.39 is 6.04 Å². The van der Waals surface area contributed by atoms with Crippen LogP contribution in [0.1, 0.15) is 134 Å². The van der Waals surface area contributed by atoms with E-state index in [9.17, 15) is 14.4 Å². The molecule has 0 spiro atoms. The van der Waals surface area contributed by atoms with Crippen molar-refractivity contribution in [2.45, 2.75) is 168 Å². The first-order valence-electron chi connectivity index (χ1n) is 32.5. The zero-order valence-corrected chi connectivity index (χ0v) is 53.5. The van der Waals surface area contributed by atoms with E-state index in [2.05, 4.69) is 124 Å². The summed E-state index contributed by atoms with van der Waals surface area (Å²) in [6, 6.07) is 8.18. The molecule has 18 nitrogen and oxygen atoms in total. The van der Waals surface area contributed by atoms with Gasteiger partial charge in [0.1, 0.15) is 12.6 Å². The minimum atomic E-state index is -0.393. The second-order valence-corrected chi connectivity index (χ2v) is 26.7. The minimum absolute atomic E-state index is 0.0446. The predicted octanol–water partition coefficient (Wildman–Crippen LogP) is 7.39. The fourth-order valence-electron chi connectivity index (χ4n) is 14.1. The van der Waals surface area contributed by atoms with Crippen molar-refractivity contribution in [2.75, 3.05) is 126 Å². The van der Waals surface area contributed by atoms with Crippen molar-refractivity contribution in [3.63, 3.8) is 0 Å². The van der Waals surface area contributed by atoms with Gasteiger partial charge in [0.25, 0.3) is 0 Å². The van der Waals surface area contributed by atoms with Crippen LogP contribution in [0.3, 0.4) is 0 Å². The van der Waals surface area contributed by atoms with Crippen LogP contribution in [0.25, 0.3) is 22.2 Å². The molecule has 9 aliphatic rings. The zero-order valence-electron chi connectivity index (χ0n) is 53.5. The molecule has 470 valence electrons. The first-order valence-corrected chi connectivity index (χ1v) is 32.5. The maximum atomic E-state index is 12.7. The molecular formula is C67H104N10O8. The molecule has 8 heterocycles. The monoisotopic (exact) mass is 1180 g/mol. The molecule has 2 bridgehead atoms. The summed E-state index contributed by atoms with van der Waals surface area (Å²) in [6.07, 6.45) is 17.3. The maximum Gasteiger partial charge on any atom is 0.238 e. The van der Waals surface area contributed by atoms with Crippen LogP contribution < -0.4 is 15.6 Å². The number of hydrogen-bond acceptors (Lipinski definition) is 16. The molecule has 18 heteroatoms. The van der Waals surface area contributed by atoms with Crippen molar-refractivity contribution in [2.24, 2.45) is 29.1 Å². The standard InChI is InChI=1S/C42H60N6O5.C18H33N3O2.C7H11NO/c1-8-50-18-15-45(5)13-9-11-30-21-36(38(43-27-30)29(2)49-7)40-37(26-42(3,4)28-52-53-41-32-23-33(24-32)46(6)44-41)35-25-34(47-16-19-51-20-17-47)22-31-12-10-14-48(40)39(31)35;1-4-20(3)11-15-9-10-21(12-15)17(16-7-5-6-8-16)18(23)19-14(2)13-22;1-8-6(4-9)7(8)5-2-3-5/h21-22,25,27,29,32-33,41,44H,8,10,12-20,23-24,26,28H2,1-7H3;13-17H,4-12H2,1-3H3,(H,19,23);4-7H,2-3H2,1H3/t29-,32?,33?,41+;14-,15-,17?;6-,7?,8?/m000/s1. The van der Waals surface area contributed by atoms with Crippen LogP contribution in [-0.2, 0) is 57.8 Å². The molecule has 3 aromatic rings. The van der Waals surface area contributed by atoms with Crippen molar-refractivity contribution in [3.05, 3.63) is 46.8 Å². The van der Waals surface area contributed by atoms with Gasteiger partial charge in [-0.2, -0.15) is 0 Å². The molecule has 1 amide bonds. The van der Waals surface area contributed by atoms with Crippen LogP contribution in [0.2, 0.25) is 0 Å². The fourth-order valence-corrected chi connectivity index (χ4v) is 14.1. The number of carbonyl (C=O) groups is 3. The van der Waals surface area contributed by atoms with E-state index >= 15 is 0 Å². The van der Waals surface area contributed by atoms with Crippen molar-refractivity contribution in [1.82, 2.24) is 44.9 Å². The number of pyridine rings is 1. The summed E-state index contributed by atoms with van der Waals surface area (Å²) in [5, 5.41) is 6.38. The normalized spacial score (nSPS) is 25.9. The Labute approximate surface area is 508 Å². The van der Waals surface area contributed by atoms with Gasteiger partial charge < -0.3 is 43.5 Å². The number of ether oxygens (including phenoxy) is 3. The second-order valence-electron chi connectivity index (χ2n) is 26.7. The molecule has 6 aliphatic heterocycles. The number of amides is 1. The lowest BCUT2D eigenvalue weighted by Crippen LogP contribution is -2.64. The van der Waals surface area contributed by atoms with Crippen molar-refractivity contribution >= 4 is 35.1 Å². The predicted molar refractivity (Wildman–Crippen MR) is 335 cm³/mol. The number of rotatable bonds is 25. The summed E-state index contributed by atoms with van der Waals surface area (Å²) in [4.78, 5) is 62.7. The van der Waals surface area contributed by atoms with Crippen LogP contribution in [0.4, 0.5) is 5.69 Å². The Morgan fingerprint density at radius 1 is 0.976 bits per heavy atom. The summed E-state index contributed by atoms with van der Waals surface area (Å²) in [7, 11) is 10.1. The third-order valence-corrected chi connectivity index (χ3v) is 19.5. The molecule has 5 saturated heterocycles. The lowest BCUT2D eigenvalue weighted by molar-refractivity contribution is -0.374. The van der Waals surface area contributed by atoms with Gasteiger partial charge in [0.05, 0.1) is 74.1 Å². The maximum absolute atomic E-state index is 12.7. The minimum Gasteiger partial charge on any atom is -0.380 e. The lowest BCUT2D eigenvalue weighted by atomic mass is 9.77. The molecule has 0 radical (unpaired) electrons. The number of likely N-dealkylation sites (N-methyl/N-ethyl adjacent to an activating group) is 2.